The van der Waals surface area contributed by atoms with E-state index in [0.717, 1.165) is 19.4 Å². The third-order valence-corrected chi connectivity index (χ3v) is 3.67. The Morgan fingerprint density at radius 3 is 2.71 bits per heavy atom. The molecule has 3 atom stereocenters. The maximum atomic E-state index is 12.5. The van der Waals surface area contributed by atoms with Crippen LogP contribution in [0.2, 0.25) is 0 Å². The van der Waals surface area contributed by atoms with Crippen LogP contribution in [0.1, 0.15) is 34.0 Å². The van der Waals surface area contributed by atoms with Crippen molar-refractivity contribution in [1.82, 2.24) is 15.3 Å². The van der Waals surface area contributed by atoms with Gasteiger partial charge in [0.15, 0.2) is 5.78 Å². The van der Waals surface area contributed by atoms with E-state index in [-0.39, 0.29) is 30.2 Å². The Morgan fingerprint density at radius 1 is 1.29 bits per heavy atom. The summed E-state index contributed by atoms with van der Waals surface area (Å²) < 4.78 is 7.77. The van der Waals surface area contributed by atoms with Crippen molar-refractivity contribution < 1.29 is 11.0 Å². The number of hydrazine groups is 1. The average Bonchev–Trinajstić information content (AvgIpc) is 2.93. The van der Waals surface area contributed by atoms with E-state index in [1.807, 2.05) is 12.1 Å². The third-order valence-electron chi connectivity index (χ3n) is 3.67. The Hall–Kier alpha value is -0.940. The van der Waals surface area contributed by atoms with Crippen LogP contribution < -0.4 is 5.43 Å². The number of Topliss-reactive ketones (excluding diaryl/α,β-unsaturated/α-hetero) is 1. The lowest BCUT2D eigenvalue weighted by Gasteiger charge is -2.29. The number of ketones is 1. The van der Waals surface area contributed by atoms with Crippen molar-refractivity contribution in [2.45, 2.75) is 44.7 Å². The van der Waals surface area contributed by atoms with Crippen molar-refractivity contribution in [1.29, 1.82) is 0 Å². The molecule has 2 heterocycles. The van der Waals surface area contributed by atoms with Gasteiger partial charge in [-0.05, 0) is 39.6 Å². The summed E-state index contributed by atoms with van der Waals surface area (Å²) in [5, 5.41) is 1.93. The van der Waals surface area contributed by atoms with Crippen LogP contribution in [-0.4, -0.2) is 53.8 Å². The highest BCUT2D eigenvalue weighted by Gasteiger charge is 2.39. The van der Waals surface area contributed by atoms with E-state index in [0.29, 0.717) is 13.0 Å². The highest BCUT2D eigenvalue weighted by atomic mass is 16.2. The Labute approximate surface area is 104 Å². The van der Waals surface area contributed by atoms with Crippen LogP contribution in [0.3, 0.4) is 0 Å². The highest BCUT2D eigenvalue weighted by molar-refractivity contribution is 5.90. The van der Waals surface area contributed by atoms with E-state index >= 15 is 0 Å². The molecule has 2 aliphatic heterocycles. The maximum Gasteiger partial charge on any atom is 0.241 e. The summed E-state index contributed by atoms with van der Waals surface area (Å²) in [5.74, 6) is -0.0103. The normalized spacial score (nSPS) is 35.1. The van der Waals surface area contributed by atoms with Crippen LogP contribution in [-0.2, 0) is 9.59 Å². The summed E-state index contributed by atoms with van der Waals surface area (Å²) in [4.78, 5) is 25.7. The number of nitrogens with zero attached hydrogens (tertiary/aromatic N) is 2. The predicted molar refractivity (Wildman–Crippen MR) is 64.2 cm³/mol. The van der Waals surface area contributed by atoms with Gasteiger partial charge in [-0.3, -0.25) is 15.0 Å². The first kappa shape index (κ1) is 11.2. The van der Waals surface area contributed by atoms with Crippen LogP contribution >= 0.6 is 0 Å². The van der Waals surface area contributed by atoms with Crippen LogP contribution in [0.4, 0.5) is 0 Å². The zero-order valence-electron chi connectivity index (χ0n) is 11.5. The zero-order valence-corrected chi connectivity index (χ0v) is 10.5. The van der Waals surface area contributed by atoms with E-state index in [9.17, 15) is 9.59 Å². The molecular formula is C12H21N3O2. The van der Waals surface area contributed by atoms with Gasteiger partial charge in [-0.15, -0.1) is 0 Å². The van der Waals surface area contributed by atoms with Crippen molar-refractivity contribution in [3.8, 4) is 0 Å². The molecule has 0 aromatic carbocycles. The van der Waals surface area contributed by atoms with Crippen molar-refractivity contribution in [2.24, 2.45) is 0 Å². The lowest BCUT2D eigenvalue weighted by molar-refractivity contribution is -0.141. The van der Waals surface area contributed by atoms with Gasteiger partial charge >= 0.3 is 0 Å². The van der Waals surface area contributed by atoms with Crippen molar-refractivity contribution in [3.05, 3.63) is 0 Å². The molecule has 0 aromatic rings. The van der Waals surface area contributed by atoms with Crippen molar-refractivity contribution >= 4 is 11.7 Å². The standard InChI is InChI=1S/C12H21N3O2/c1-9(16)10-5-3-7-14(10)12(17)11-6-4-8-15(11)13-2/h10-11,13H,3-8H2,1-2H3/t10-,11-/m1/s1/i3T/t3-,10-,11-. The molecule has 0 spiro atoms. The van der Waals surface area contributed by atoms with Gasteiger partial charge in [0.2, 0.25) is 5.91 Å². The van der Waals surface area contributed by atoms with E-state index in [4.69, 9.17) is 1.37 Å². The molecular weight excluding hydrogens is 218 g/mol. The quantitative estimate of drug-likeness (QED) is 0.765. The van der Waals surface area contributed by atoms with Crippen LogP contribution in [0.15, 0.2) is 0 Å². The lowest BCUT2D eigenvalue weighted by Crippen LogP contribution is -2.52. The number of carbonyl (C=O) groups excluding carboxylic acids is 2. The van der Waals surface area contributed by atoms with Gasteiger partial charge in [0, 0.05) is 14.5 Å². The second-order valence-corrected chi connectivity index (χ2v) is 4.72. The third kappa shape index (κ3) is 2.35. The molecule has 0 unspecified atom stereocenters. The molecule has 1 amide bonds. The molecule has 0 saturated carbocycles. The highest BCUT2D eigenvalue weighted by Crippen LogP contribution is 2.23. The molecule has 17 heavy (non-hydrogen) atoms. The first-order valence-corrected chi connectivity index (χ1v) is 6.21. The lowest BCUT2D eigenvalue weighted by atomic mass is 10.1. The molecule has 0 aliphatic carbocycles. The number of hydrogen-bond acceptors (Lipinski definition) is 4. The van der Waals surface area contributed by atoms with Gasteiger partial charge < -0.3 is 4.90 Å². The van der Waals surface area contributed by atoms with Gasteiger partial charge in [0.25, 0.3) is 0 Å². The Morgan fingerprint density at radius 2 is 2.06 bits per heavy atom. The molecule has 2 aliphatic rings. The van der Waals surface area contributed by atoms with E-state index in [2.05, 4.69) is 5.43 Å². The minimum Gasteiger partial charge on any atom is -0.331 e. The van der Waals surface area contributed by atoms with Gasteiger partial charge in [-0.25, -0.2) is 5.01 Å². The molecule has 5 nitrogen and oxygen atoms in total. The number of rotatable bonds is 3. The fourth-order valence-corrected chi connectivity index (χ4v) is 2.74. The van der Waals surface area contributed by atoms with E-state index < -0.39 is 0 Å². The zero-order chi connectivity index (χ0) is 13.3. The minimum atomic E-state index is -0.390. The molecule has 2 saturated heterocycles. The van der Waals surface area contributed by atoms with Crippen LogP contribution in [0.25, 0.3) is 0 Å². The monoisotopic (exact) mass is 241 g/mol. The molecule has 0 bridgehead atoms. The number of hydrogen-bond donors (Lipinski definition) is 1. The molecule has 2 rings (SSSR count). The van der Waals surface area contributed by atoms with Gasteiger partial charge in [-0.1, -0.05) is 0 Å². The van der Waals surface area contributed by atoms with Crippen LogP contribution in [0.5, 0.6) is 0 Å². The Kier molecular flexibility index (Phi) is 3.38. The Balaban J connectivity index is 2.10. The second kappa shape index (κ2) is 5.14. The first-order chi connectivity index (χ1) is 8.54. The number of amides is 1. The molecule has 0 aromatic heterocycles. The van der Waals surface area contributed by atoms with Crippen molar-refractivity contribution in [3.63, 3.8) is 0 Å². The summed E-state index contributed by atoms with van der Waals surface area (Å²) in [6.07, 6.45) is 1.96. The smallest absolute Gasteiger partial charge is 0.241 e. The summed E-state index contributed by atoms with van der Waals surface area (Å²) in [6, 6.07) is -0.568. The molecule has 0 radical (unpaired) electrons. The van der Waals surface area contributed by atoms with Gasteiger partial charge in [-0.2, -0.15) is 0 Å². The Bertz CT molecular complexity index is 350. The molecule has 5 heteroatoms. The topological polar surface area (TPSA) is 52.7 Å². The summed E-state index contributed by atoms with van der Waals surface area (Å²) in [7, 11) is 1.81. The van der Waals surface area contributed by atoms with Gasteiger partial charge in [0.05, 0.1) is 6.04 Å². The number of nitrogens with one attached hydrogen (secondary N) is 1. The van der Waals surface area contributed by atoms with Gasteiger partial charge in [0.1, 0.15) is 6.04 Å². The first-order valence-electron chi connectivity index (χ1n) is 6.79. The number of carbonyl (C=O) groups is 2. The summed E-state index contributed by atoms with van der Waals surface area (Å²) in [6.45, 7) is 2.75. The average molecular weight is 241 g/mol. The summed E-state index contributed by atoms with van der Waals surface area (Å²) in [5.41, 5.74) is 3.03. The fourth-order valence-electron chi connectivity index (χ4n) is 2.74. The van der Waals surface area contributed by atoms with Crippen molar-refractivity contribution in [2.75, 3.05) is 20.1 Å². The molecule has 96 valence electrons. The minimum absolute atomic E-state index is 0.00296. The second-order valence-electron chi connectivity index (χ2n) is 4.72. The van der Waals surface area contributed by atoms with E-state index in [1.165, 1.54) is 6.92 Å². The largest absolute Gasteiger partial charge is 0.331 e. The SMILES string of the molecule is [3H][C@@H]1C[C@H](C(C)=O)N(C(=O)[C@H]2CCCN2NC)C1. The molecule has 1 N–H and O–H groups in total. The van der Waals surface area contributed by atoms with Crippen LogP contribution in [0, 0.1) is 0 Å². The number of likely N-dealkylation sites (tertiary alicyclic amines) is 1. The maximum absolute atomic E-state index is 12.5. The fraction of sp³-hybridized carbons (Fsp3) is 0.833. The summed E-state index contributed by atoms with van der Waals surface area (Å²) >= 11 is 0. The molecule has 2 fully saturated rings. The van der Waals surface area contributed by atoms with E-state index in [1.54, 1.807) is 4.90 Å². The predicted octanol–water partition coefficient (Wildman–Crippen LogP) is 0.165.